The van der Waals surface area contributed by atoms with E-state index >= 15 is 0 Å². The Hall–Kier alpha value is -0.0800. The highest BCUT2D eigenvalue weighted by atomic mass is 16.5. The predicted octanol–water partition coefficient (Wildman–Crippen LogP) is 5.17. The van der Waals surface area contributed by atoms with Crippen molar-refractivity contribution >= 4 is 0 Å². The minimum absolute atomic E-state index is 0.0320. The maximum Gasteiger partial charge on any atom is 0.0832 e. The van der Waals surface area contributed by atoms with Crippen molar-refractivity contribution in [2.45, 2.75) is 97.6 Å². The summed E-state index contributed by atoms with van der Waals surface area (Å²) in [5.74, 6) is 1.73. The smallest absolute Gasteiger partial charge is 0.0832 e. The summed E-state index contributed by atoms with van der Waals surface area (Å²) in [6.07, 6.45) is 10.4. The van der Waals surface area contributed by atoms with Gasteiger partial charge in [-0.25, -0.2) is 0 Å². The average molecular weight is 298 g/mol. The van der Waals surface area contributed by atoms with Crippen molar-refractivity contribution in [1.29, 1.82) is 0 Å². The monoisotopic (exact) mass is 297 g/mol. The quantitative estimate of drug-likeness (QED) is 0.601. The van der Waals surface area contributed by atoms with E-state index in [0.29, 0.717) is 6.04 Å². The number of hydrogen-bond acceptors (Lipinski definition) is 2. The van der Waals surface area contributed by atoms with Gasteiger partial charge in [0.2, 0.25) is 0 Å². The number of rotatable bonds is 10. The lowest BCUT2D eigenvalue weighted by molar-refractivity contribution is -0.0908. The molecule has 0 bridgehead atoms. The molecule has 1 rings (SSSR count). The second kappa shape index (κ2) is 9.84. The molecule has 0 aromatic heterocycles. The molecule has 2 nitrogen and oxygen atoms in total. The zero-order chi connectivity index (χ0) is 15.7. The van der Waals surface area contributed by atoms with Crippen molar-refractivity contribution in [2.24, 2.45) is 11.8 Å². The van der Waals surface area contributed by atoms with Crippen molar-refractivity contribution in [2.75, 3.05) is 13.2 Å². The molecular weight excluding hydrogens is 258 g/mol. The second-order valence-corrected chi connectivity index (χ2v) is 6.84. The topological polar surface area (TPSA) is 21.3 Å². The van der Waals surface area contributed by atoms with Crippen molar-refractivity contribution in [3.8, 4) is 0 Å². The summed E-state index contributed by atoms with van der Waals surface area (Å²) in [7, 11) is 0. The highest BCUT2D eigenvalue weighted by Crippen LogP contribution is 2.39. The van der Waals surface area contributed by atoms with E-state index in [1.807, 2.05) is 0 Å². The van der Waals surface area contributed by atoms with Crippen molar-refractivity contribution in [1.82, 2.24) is 5.32 Å². The third kappa shape index (κ3) is 4.96. The summed E-state index contributed by atoms with van der Waals surface area (Å²) in [6.45, 7) is 13.3. The molecule has 1 fully saturated rings. The van der Waals surface area contributed by atoms with E-state index in [-0.39, 0.29) is 5.60 Å². The van der Waals surface area contributed by atoms with E-state index in [0.717, 1.165) is 37.8 Å². The van der Waals surface area contributed by atoms with Crippen LogP contribution >= 0.6 is 0 Å². The minimum atomic E-state index is 0.0320. The molecule has 0 amide bonds. The summed E-state index contributed by atoms with van der Waals surface area (Å²) in [4.78, 5) is 0. The van der Waals surface area contributed by atoms with Crippen LogP contribution in [0, 0.1) is 11.8 Å². The highest BCUT2D eigenvalue weighted by molar-refractivity contribution is 4.97. The molecule has 0 aromatic carbocycles. The number of hydrogen-bond donors (Lipinski definition) is 1. The zero-order valence-corrected chi connectivity index (χ0v) is 15.2. The van der Waals surface area contributed by atoms with Gasteiger partial charge in [-0.1, -0.05) is 47.0 Å². The van der Waals surface area contributed by atoms with Crippen LogP contribution in [0.3, 0.4) is 0 Å². The van der Waals surface area contributed by atoms with Crippen molar-refractivity contribution in [3.05, 3.63) is 0 Å². The maximum atomic E-state index is 6.35. The van der Waals surface area contributed by atoms with Gasteiger partial charge >= 0.3 is 0 Å². The largest absolute Gasteiger partial charge is 0.374 e. The van der Waals surface area contributed by atoms with Gasteiger partial charge < -0.3 is 10.1 Å². The molecule has 1 N–H and O–H groups in total. The first-order valence-corrected chi connectivity index (χ1v) is 9.54. The van der Waals surface area contributed by atoms with Gasteiger partial charge in [0.25, 0.3) is 0 Å². The molecule has 0 aliphatic heterocycles. The van der Waals surface area contributed by atoms with Crippen LogP contribution in [0.4, 0.5) is 0 Å². The molecule has 1 saturated carbocycles. The Kier molecular flexibility index (Phi) is 8.89. The molecule has 0 heterocycles. The van der Waals surface area contributed by atoms with Crippen LogP contribution in [-0.2, 0) is 4.74 Å². The molecule has 0 spiro atoms. The molecule has 0 saturated heterocycles. The molecule has 0 aromatic rings. The zero-order valence-electron chi connectivity index (χ0n) is 15.2. The van der Waals surface area contributed by atoms with Crippen LogP contribution < -0.4 is 5.32 Å². The fourth-order valence-corrected chi connectivity index (χ4v) is 4.36. The molecule has 3 atom stereocenters. The molecule has 1 aliphatic carbocycles. The summed E-state index contributed by atoms with van der Waals surface area (Å²) in [6, 6.07) is 0.529. The van der Waals surface area contributed by atoms with Gasteiger partial charge in [0.05, 0.1) is 5.60 Å². The van der Waals surface area contributed by atoms with E-state index in [2.05, 4.69) is 39.9 Å². The van der Waals surface area contributed by atoms with Crippen LogP contribution in [0.15, 0.2) is 0 Å². The molecule has 21 heavy (non-hydrogen) atoms. The lowest BCUT2D eigenvalue weighted by atomic mass is 9.70. The first-order chi connectivity index (χ1) is 10.2. The van der Waals surface area contributed by atoms with E-state index in [1.54, 1.807) is 0 Å². The summed E-state index contributed by atoms with van der Waals surface area (Å²) >= 11 is 0. The lowest BCUT2D eigenvalue weighted by Gasteiger charge is -2.46. The third-order valence-electron chi connectivity index (χ3n) is 5.68. The molecule has 126 valence electrons. The Bertz CT molecular complexity index is 262. The normalized spacial score (nSPS) is 25.0. The van der Waals surface area contributed by atoms with E-state index < -0.39 is 0 Å². The Morgan fingerprint density at radius 1 is 1.10 bits per heavy atom. The summed E-state index contributed by atoms with van der Waals surface area (Å²) < 4.78 is 6.35. The second-order valence-electron chi connectivity index (χ2n) is 6.84. The first-order valence-electron chi connectivity index (χ1n) is 9.54. The van der Waals surface area contributed by atoms with E-state index in [9.17, 15) is 0 Å². The van der Waals surface area contributed by atoms with E-state index in [1.165, 1.54) is 38.5 Å². The molecule has 0 radical (unpaired) electrons. The van der Waals surface area contributed by atoms with Crippen LogP contribution in [0.5, 0.6) is 0 Å². The predicted molar refractivity (Wildman–Crippen MR) is 92.8 cm³/mol. The highest BCUT2D eigenvalue weighted by Gasteiger charge is 2.42. The number of ether oxygens (including phenoxy) is 1. The molecule has 1 aliphatic rings. The Morgan fingerprint density at radius 2 is 1.81 bits per heavy atom. The average Bonchev–Trinajstić information content (AvgIpc) is 2.54. The maximum absolute atomic E-state index is 6.35. The summed E-state index contributed by atoms with van der Waals surface area (Å²) in [5, 5.41) is 3.89. The molecule has 2 heteroatoms. The SMILES string of the molecule is CCCNC(C1CCCC(CC)C1)C(CC)(CC)OCC. The molecule has 3 unspecified atom stereocenters. The van der Waals surface area contributed by atoms with Gasteiger partial charge in [0.15, 0.2) is 0 Å². The van der Waals surface area contributed by atoms with Gasteiger partial charge in [-0.3, -0.25) is 0 Å². The van der Waals surface area contributed by atoms with Crippen LogP contribution in [0.25, 0.3) is 0 Å². The minimum Gasteiger partial charge on any atom is -0.374 e. The van der Waals surface area contributed by atoms with Gasteiger partial charge in [-0.05, 0) is 57.4 Å². The Morgan fingerprint density at radius 3 is 2.33 bits per heavy atom. The first kappa shape index (κ1) is 19.0. The van der Waals surface area contributed by atoms with Gasteiger partial charge in [0.1, 0.15) is 0 Å². The Balaban J connectivity index is 2.90. The van der Waals surface area contributed by atoms with Crippen LogP contribution in [-0.4, -0.2) is 24.8 Å². The van der Waals surface area contributed by atoms with Crippen LogP contribution in [0.2, 0.25) is 0 Å². The molecular formula is C19H39NO. The fourth-order valence-electron chi connectivity index (χ4n) is 4.36. The number of nitrogens with one attached hydrogen (secondary N) is 1. The van der Waals surface area contributed by atoms with Crippen LogP contribution in [0.1, 0.15) is 86.0 Å². The van der Waals surface area contributed by atoms with E-state index in [4.69, 9.17) is 4.74 Å². The van der Waals surface area contributed by atoms with Crippen molar-refractivity contribution < 1.29 is 4.74 Å². The standard InChI is InChI=1S/C19H39NO/c1-6-14-20-18(19(8-3,9-4)21-10-5)17-13-11-12-16(7-2)15-17/h16-18,20H,6-15H2,1-5H3. The third-order valence-corrected chi connectivity index (χ3v) is 5.68. The fraction of sp³-hybridized carbons (Fsp3) is 1.00. The lowest BCUT2D eigenvalue weighted by Crippen LogP contribution is -2.56. The summed E-state index contributed by atoms with van der Waals surface area (Å²) in [5.41, 5.74) is 0.0320. The van der Waals surface area contributed by atoms with Gasteiger partial charge in [-0.15, -0.1) is 0 Å². The van der Waals surface area contributed by atoms with Crippen molar-refractivity contribution in [3.63, 3.8) is 0 Å². The van der Waals surface area contributed by atoms with Gasteiger partial charge in [-0.2, -0.15) is 0 Å². The Labute approximate surface area is 133 Å². The van der Waals surface area contributed by atoms with Gasteiger partial charge in [0, 0.05) is 12.6 Å².